The molecule has 0 amide bonds. The molecule has 5 heteroatoms. The largest absolute Gasteiger partial charge is 0.347 e. The number of anilines is 1. The topological polar surface area (TPSA) is 42.2 Å². The number of benzene rings is 2. The minimum absolute atomic E-state index is 0.796. The second kappa shape index (κ2) is 7.60. The van der Waals surface area contributed by atoms with Crippen LogP contribution in [0.4, 0.5) is 5.13 Å². The van der Waals surface area contributed by atoms with Crippen molar-refractivity contribution in [3.63, 3.8) is 0 Å². The molecule has 2 heterocycles. The first-order chi connectivity index (χ1) is 13.6. The molecule has 0 saturated carbocycles. The number of thiazole rings is 1. The molecule has 0 aliphatic heterocycles. The van der Waals surface area contributed by atoms with Crippen LogP contribution in [0.3, 0.4) is 0 Å². The van der Waals surface area contributed by atoms with E-state index in [1.54, 1.807) is 11.3 Å². The zero-order valence-corrected chi connectivity index (χ0v) is 17.5. The van der Waals surface area contributed by atoms with Gasteiger partial charge in [0.25, 0.3) is 0 Å². The summed E-state index contributed by atoms with van der Waals surface area (Å²) in [5.41, 5.74) is 11.4. The van der Waals surface area contributed by atoms with Crippen molar-refractivity contribution in [3.05, 3.63) is 70.2 Å². The van der Waals surface area contributed by atoms with Crippen LogP contribution in [0.1, 0.15) is 29.2 Å². The second-order valence-electron chi connectivity index (χ2n) is 7.07. The van der Waals surface area contributed by atoms with Gasteiger partial charge >= 0.3 is 0 Å². The summed E-state index contributed by atoms with van der Waals surface area (Å²) >= 11 is 1.57. The molecule has 4 rings (SSSR count). The number of fused-ring (bicyclic) bond motifs is 1. The Morgan fingerprint density at radius 2 is 1.89 bits per heavy atom. The van der Waals surface area contributed by atoms with Gasteiger partial charge in [-0.1, -0.05) is 35.9 Å². The third-order valence-electron chi connectivity index (χ3n) is 4.96. The third kappa shape index (κ3) is 3.45. The van der Waals surface area contributed by atoms with E-state index < -0.39 is 0 Å². The quantitative estimate of drug-likeness (QED) is 0.329. The zero-order chi connectivity index (χ0) is 19.7. The maximum absolute atomic E-state index is 4.74. The highest BCUT2D eigenvalue weighted by Gasteiger charge is 2.11. The van der Waals surface area contributed by atoms with Gasteiger partial charge in [-0.25, -0.2) is 4.98 Å². The lowest BCUT2D eigenvalue weighted by molar-refractivity contribution is 0.797. The SMILES string of the molecule is CCn1cc(/C=N\Nc2nc(-c3c(C)cc(C)cc3C)cs2)c2ccccc21. The summed E-state index contributed by atoms with van der Waals surface area (Å²) in [5, 5.41) is 8.53. The van der Waals surface area contributed by atoms with Crippen LogP contribution >= 0.6 is 11.3 Å². The molecule has 0 aliphatic carbocycles. The first kappa shape index (κ1) is 18.4. The van der Waals surface area contributed by atoms with Gasteiger partial charge < -0.3 is 4.57 Å². The minimum atomic E-state index is 0.796. The molecule has 4 nitrogen and oxygen atoms in total. The fourth-order valence-electron chi connectivity index (χ4n) is 3.82. The lowest BCUT2D eigenvalue weighted by atomic mass is 9.98. The van der Waals surface area contributed by atoms with Crippen molar-refractivity contribution in [2.24, 2.45) is 5.10 Å². The average Bonchev–Trinajstić information content (AvgIpc) is 3.26. The van der Waals surface area contributed by atoms with E-state index in [-0.39, 0.29) is 0 Å². The Kier molecular flexibility index (Phi) is 5.01. The highest BCUT2D eigenvalue weighted by molar-refractivity contribution is 7.14. The van der Waals surface area contributed by atoms with Gasteiger partial charge in [0, 0.05) is 40.2 Å². The number of rotatable bonds is 5. The molecule has 0 radical (unpaired) electrons. The fourth-order valence-corrected chi connectivity index (χ4v) is 4.47. The van der Waals surface area contributed by atoms with Crippen LogP contribution < -0.4 is 5.43 Å². The van der Waals surface area contributed by atoms with Crippen LogP contribution in [0.25, 0.3) is 22.2 Å². The third-order valence-corrected chi connectivity index (χ3v) is 5.71. The smallest absolute Gasteiger partial charge is 0.203 e. The van der Waals surface area contributed by atoms with Crippen LogP contribution in [-0.2, 0) is 6.54 Å². The molecule has 2 aromatic carbocycles. The maximum atomic E-state index is 4.74. The molecule has 28 heavy (non-hydrogen) atoms. The molecule has 142 valence electrons. The highest BCUT2D eigenvalue weighted by Crippen LogP contribution is 2.31. The molecule has 0 spiro atoms. The number of aromatic nitrogens is 2. The highest BCUT2D eigenvalue weighted by atomic mass is 32.1. The number of aryl methyl sites for hydroxylation is 4. The number of para-hydroxylation sites is 1. The number of nitrogens with zero attached hydrogens (tertiary/aromatic N) is 3. The molecule has 0 unspecified atom stereocenters. The van der Waals surface area contributed by atoms with E-state index in [1.165, 1.54) is 33.2 Å². The van der Waals surface area contributed by atoms with E-state index in [0.717, 1.165) is 22.9 Å². The van der Waals surface area contributed by atoms with Crippen LogP contribution in [0.5, 0.6) is 0 Å². The van der Waals surface area contributed by atoms with Gasteiger partial charge in [0.05, 0.1) is 11.9 Å². The van der Waals surface area contributed by atoms with Crippen molar-refractivity contribution >= 4 is 33.6 Å². The predicted octanol–water partition coefficient (Wildman–Crippen LogP) is 6.16. The van der Waals surface area contributed by atoms with Gasteiger partial charge in [-0.05, 0) is 44.9 Å². The first-order valence-electron chi connectivity index (χ1n) is 9.47. The Morgan fingerprint density at radius 1 is 1.14 bits per heavy atom. The Hall–Kier alpha value is -2.92. The normalized spacial score (nSPS) is 11.6. The van der Waals surface area contributed by atoms with Crippen molar-refractivity contribution < 1.29 is 0 Å². The number of hydrogen-bond donors (Lipinski definition) is 1. The van der Waals surface area contributed by atoms with E-state index in [9.17, 15) is 0 Å². The Labute approximate surface area is 169 Å². The lowest BCUT2D eigenvalue weighted by Crippen LogP contribution is -1.92. The summed E-state index contributed by atoms with van der Waals surface area (Å²) in [6, 6.07) is 12.8. The number of nitrogens with one attached hydrogen (secondary N) is 1. The summed E-state index contributed by atoms with van der Waals surface area (Å²) in [7, 11) is 0. The Balaban J connectivity index is 1.56. The van der Waals surface area contributed by atoms with Crippen LogP contribution in [0.2, 0.25) is 0 Å². The van der Waals surface area contributed by atoms with Gasteiger partial charge in [0.2, 0.25) is 5.13 Å². The monoisotopic (exact) mass is 388 g/mol. The van der Waals surface area contributed by atoms with Crippen molar-refractivity contribution in [2.75, 3.05) is 5.43 Å². The first-order valence-corrected chi connectivity index (χ1v) is 10.4. The van der Waals surface area contributed by atoms with E-state index >= 15 is 0 Å². The Morgan fingerprint density at radius 3 is 2.64 bits per heavy atom. The van der Waals surface area contributed by atoms with Crippen molar-refractivity contribution in [2.45, 2.75) is 34.2 Å². The number of hydrogen-bond acceptors (Lipinski definition) is 4. The summed E-state index contributed by atoms with van der Waals surface area (Å²) in [4.78, 5) is 4.74. The molecule has 1 N–H and O–H groups in total. The average molecular weight is 389 g/mol. The van der Waals surface area contributed by atoms with Crippen LogP contribution in [0.15, 0.2) is 53.1 Å². The van der Waals surface area contributed by atoms with Gasteiger partial charge in [-0.15, -0.1) is 11.3 Å². The van der Waals surface area contributed by atoms with E-state index in [1.807, 2.05) is 6.21 Å². The number of hydrazone groups is 1. The molecule has 0 saturated heterocycles. The molecule has 0 fully saturated rings. The van der Waals surface area contributed by atoms with E-state index in [4.69, 9.17) is 4.98 Å². The predicted molar refractivity (Wildman–Crippen MR) is 121 cm³/mol. The van der Waals surface area contributed by atoms with E-state index in [2.05, 4.69) is 90.8 Å². The van der Waals surface area contributed by atoms with Gasteiger partial charge in [-0.2, -0.15) is 5.10 Å². The van der Waals surface area contributed by atoms with Crippen molar-refractivity contribution in [3.8, 4) is 11.3 Å². The van der Waals surface area contributed by atoms with Gasteiger partial charge in [0.15, 0.2) is 0 Å². The lowest BCUT2D eigenvalue weighted by Gasteiger charge is -2.08. The molecule has 0 atom stereocenters. The minimum Gasteiger partial charge on any atom is -0.347 e. The molecular weight excluding hydrogens is 364 g/mol. The maximum Gasteiger partial charge on any atom is 0.203 e. The zero-order valence-electron chi connectivity index (χ0n) is 16.7. The van der Waals surface area contributed by atoms with Gasteiger partial charge in [-0.3, -0.25) is 5.43 Å². The molecule has 0 bridgehead atoms. The van der Waals surface area contributed by atoms with E-state index in [0.29, 0.717) is 0 Å². The van der Waals surface area contributed by atoms with Crippen molar-refractivity contribution in [1.29, 1.82) is 0 Å². The fraction of sp³-hybridized carbons (Fsp3) is 0.217. The summed E-state index contributed by atoms with van der Waals surface area (Å²) in [6.45, 7) is 9.50. The summed E-state index contributed by atoms with van der Waals surface area (Å²) in [6.07, 6.45) is 4.01. The molecular formula is C23H24N4S. The summed E-state index contributed by atoms with van der Waals surface area (Å²) < 4.78 is 2.24. The van der Waals surface area contributed by atoms with Crippen LogP contribution in [0, 0.1) is 20.8 Å². The second-order valence-corrected chi connectivity index (χ2v) is 7.93. The molecule has 0 aliphatic rings. The molecule has 2 aromatic heterocycles. The Bertz CT molecular complexity index is 1140. The standard InChI is InChI=1S/C23H24N4S/c1-5-27-13-18(19-8-6-7-9-21(19)27)12-24-26-23-25-20(14-28-23)22-16(3)10-15(2)11-17(22)4/h6-14H,5H2,1-4H3,(H,25,26)/b24-12-. The summed E-state index contributed by atoms with van der Waals surface area (Å²) in [5.74, 6) is 0. The van der Waals surface area contributed by atoms with Crippen molar-refractivity contribution in [1.82, 2.24) is 9.55 Å². The van der Waals surface area contributed by atoms with Gasteiger partial charge in [0.1, 0.15) is 0 Å². The molecule has 4 aromatic rings. The van der Waals surface area contributed by atoms with Crippen LogP contribution in [-0.4, -0.2) is 15.8 Å².